The monoisotopic (exact) mass is 323 g/mol. The second-order valence-electron chi connectivity index (χ2n) is 4.00. The number of rotatable bonds is 4. The summed E-state index contributed by atoms with van der Waals surface area (Å²) >= 11 is 3.29. The fourth-order valence-electron chi connectivity index (χ4n) is 1.46. The molecule has 2 rings (SSSR count). The average Bonchev–Trinajstić information content (AvgIpc) is 2.41. The Morgan fingerprint density at radius 1 is 1.26 bits per heavy atom. The number of halogens is 1. The summed E-state index contributed by atoms with van der Waals surface area (Å²) in [5.74, 6) is 1.12. The Morgan fingerprint density at radius 3 is 2.74 bits per heavy atom. The van der Waals surface area contributed by atoms with Crippen molar-refractivity contribution in [3.05, 3.63) is 34.9 Å². The van der Waals surface area contributed by atoms with Crippen LogP contribution in [0.15, 0.2) is 34.9 Å². The summed E-state index contributed by atoms with van der Waals surface area (Å²) in [5, 5.41) is 0. The Morgan fingerprint density at radius 2 is 2.05 bits per heavy atom. The van der Waals surface area contributed by atoms with Crippen LogP contribution in [0.1, 0.15) is 0 Å². The van der Waals surface area contributed by atoms with Crippen molar-refractivity contribution >= 4 is 21.6 Å². The van der Waals surface area contributed by atoms with Crippen LogP contribution < -0.4 is 14.4 Å². The van der Waals surface area contributed by atoms with Gasteiger partial charge in [-0.3, -0.25) is 0 Å². The normalized spacial score (nSPS) is 10.1. The fraction of sp³-hybridized carbons (Fsp3) is 0.231. The number of hydrogen-bond donors (Lipinski definition) is 0. The lowest BCUT2D eigenvalue weighted by atomic mass is 10.3. The van der Waals surface area contributed by atoms with Crippen molar-refractivity contribution < 1.29 is 9.47 Å². The van der Waals surface area contributed by atoms with Crippen molar-refractivity contribution in [1.29, 1.82) is 0 Å². The summed E-state index contributed by atoms with van der Waals surface area (Å²) in [6.07, 6.45) is 1.59. The van der Waals surface area contributed by atoms with Gasteiger partial charge in [0.15, 0.2) is 0 Å². The van der Waals surface area contributed by atoms with Crippen LogP contribution in [-0.4, -0.2) is 31.2 Å². The zero-order valence-corrected chi connectivity index (χ0v) is 12.5. The van der Waals surface area contributed by atoms with Gasteiger partial charge in [0.2, 0.25) is 5.88 Å². The second kappa shape index (κ2) is 5.88. The summed E-state index contributed by atoms with van der Waals surface area (Å²) in [6.45, 7) is 0. The van der Waals surface area contributed by atoms with Crippen molar-refractivity contribution in [2.24, 2.45) is 0 Å². The predicted molar refractivity (Wildman–Crippen MR) is 77.1 cm³/mol. The predicted octanol–water partition coefficient (Wildman–Crippen LogP) is 3.11. The van der Waals surface area contributed by atoms with Crippen LogP contribution in [0.2, 0.25) is 0 Å². The molecule has 2 aromatic rings. The molecule has 1 heterocycles. The second-order valence-corrected chi connectivity index (χ2v) is 4.86. The van der Waals surface area contributed by atoms with Gasteiger partial charge in [0, 0.05) is 25.8 Å². The first-order valence-electron chi connectivity index (χ1n) is 5.62. The van der Waals surface area contributed by atoms with Gasteiger partial charge < -0.3 is 14.4 Å². The molecule has 6 heteroatoms. The Balaban J connectivity index is 2.23. The zero-order valence-electron chi connectivity index (χ0n) is 10.9. The topological polar surface area (TPSA) is 47.5 Å². The number of aromatic nitrogens is 2. The maximum atomic E-state index is 5.62. The molecule has 0 saturated heterocycles. The van der Waals surface area contributed by atoms with Crippen LogP contribution >= 0.6 is 15.9 Å². The highest BCUT2D eigenvalue weighted by molar-refractivity contribution is 9.10. The molecule has 0 unspecified atom stereocenters. The highest BCUT2D eigenvalue weighted by Crippen LogP contribution is 2.27. The molecule has 0 amide bonds. The van der Waals surface area contributed by atoms with Crippen molar-refractivity contribution in [2.75, 3.05) is 26.1 Å². The third-order valence-electron chi connectivity index (χ3n) is 2.43. The van der Waals surface area contributed by atoms with Gasteiger partial charge >= 0.3 is 6.01 Å². The molecule has 0 N–H and O–H groups in total. The zero-order chi connectivity index (χ0) is 13.8. The van der Waals surface area contributed by atoms with E-state index >= 15 is 0 Å². The first-order valence-corrected chi connectivity index (χ1v) is 6.41. The molecule has 0 aliphatic carbocycles. The van der Waals surface area contributed by atoms with Crippen LogP contribution in [-0.2, 0) is 0 Å². The highest BCUT2D eigenvalue weighted by atomic mass is 79.9. The molecule has 0 saturated carbocycles. The van der Waals surface area contributed by atoms with Crippen molar-refractivity contribution in [2.45, 2.75) is 0 Å². The van der Waals surface area contributed by atoms with Gasteiger partial charge in [0.05, 0.1) is 17.8 Å². The van der Waals surface area contributed by atoms with Gasteiger partial charge in [-0.15, -0.1) is 0 Å². The summed E-state index contributed by atoms with van der Waals surface area (Å²) in [6, 6.07) is 7.93. The van der Waals surface area contributed by atoms with Crippen molar-refractivity contribution in [3.8, 4) is 17.6 Å². The Kier molecular flexibility index (Phi) is 4.21. The molecule has 0 atom stereocenters. The number of nitrogens with zero attached hydrogens (tertiary/aromatic N) is 3. The third-order valence-corrected chi connectivity index (χ3v) is 2.97. The quantitative estimate of drug-likeness (QED) is 0.865. The number of benzene rings is 1. The van der Waals surface area contributed by atoms with E-state index in [1.807, 2.05) is 43.3 Å². The Hall–Kier alpha value is -1.82. The lowest BCUT2D eigenvalue weighted by molar-refractivity contribution is 0.373. The average molecular weight is 324 g/mol. The molecule has 1 aromatic heterocycles. The van der Waals surface area contributed by atoms with E-state index in [1.54, 1.807) is 13.3 Å². The van der Waals surface area contributed by atoms with E-state index in [9.17, 15) is 0 Å². The first kappa shape index (κ1) is 13.6. The molecule has 100 valence electrons. The minimum atomic E-state index is 0.246. The van der Waals surface area contributed by atoms with Crippen LogP contribution in [0, 0.1) is 0 Å². The highest BCUT2D eigenvalue weighted by Gasteiger charge is 2.07. The fourth-order valence-corrected chi connectivity index (χ4v) is 1.81. The Bertz CT molecular complexity index is 576. The van der Waals surface area contributed by atoms with Gasteiger partial charge in [-0.05, 0) is 28.1 Å². The number of anilines is 1. The number of hydrogen-bond acceptors (Lipinski definition) is 5. The SMILES string of the molecule is COc1nc(Oc2cccc(N(C)C)c2)ncc1Br. The van der Waals surface area contributed by atoms with E-state index in [-0.39, 0.29) is 6.01 Å². The molecule has 0 bridgehead atoms. The lowest BCUT2D eigenvalue weighted by Gasteiger charge is -2.13. The molecular formula is C13H14BrN3O2. The molecule has 0 aliphatic rings. The molecule has 0 fully saturated rings. The maximum absolute atomic E-state index is 5.62. The van der Waals surface area contributed by atoms with Gasteiger partial charge in [-0.1, -0.05) is 6.07 Å². The standard InChI is InChI=1S/C13H14BrN3O2/c1-17(2)9-5-4-6-10(7-9)19-13-15-8-11(14)12(16-13)18-3/h4-8H,1-3H3. The minimum absolute atomic E-state index is 0.246. The van der Waals surface area contributed by atoms with Gasteiger partial charge in [-0.2, -0.15) is 4.98 Å². The van der Waals surface area contributed by atoms with E-state index < -0.39 is 0 Å². The third kappa shape index (κ3) is 3.35. The summed E-state index contributed by atoms with van der Waals surface area (Å²) < 4.78 is 11.4. The Labute approximate surface area is 120 Å². The van der Waals surface area contributed by atoms with Gasteiger partial charge in [-0.25, -0.2) is 4.98 Å². The van der Waals surface area contributed by atoms with Crippen LogP contribution in [0.3, 0.4) is 0 Å². The summed E-state index contributed by atoms with van der Waals surface area (Å²) in [7, 11) is 5.49. The first-order chi connectivity index (χ1) is 9.10. The summed E-state index contributed by atoms with van der Waals surface area (Å²) in [5.41, 5.74) is 1.04. The van der Waals surface area contributed by atoms with E-state index in [4.69, 9.17) is 9.47 Å². The molecule has 0 spiro atoms. The van der Waals surface area contributed by atoms with Crippen LogP contribution in [0.5, 0.6) is 17.6 Å². The lowest BCUT2D eigenvalue weighted by Crippen LogP contribution is -2.08. The van der Waals surface area contributed by atoms with Gasteiger partial charge in [0.1, 0.15) is 5.75 Å². The van der Waals surface area contributed by atoms with Gasteiger partial charge in [0.25, 0.3) is 0 Å². The molecular weight excluding hydrogens is 310 g/mol. The minimum Gasteiger partial charge on any atom is -0.480 e. The summed E-state index contributed by atoms with van der Waals surface area (Å²) in [4.78, 5) is 10.2. The smallest absolute Gasteiger partial charge is 0.325 e. The molecule has 1 aromatic carbocycles. The van der Waals surface area contributed by atoms with Crippen LogP contribution in [0.4, 0.5) is 5.69 Å². The number of methoxy groups -OCH3 is 1. The van der Waals surface area contributed by atoms with E-state index in [0.29, 0.717) is 16.1 Å². The van der Waals surface area contributed by atoms with E-state index in [2.05, 4.69) is 25.9 Å². The van der Waals surface area contributed by atoms with E-state index in [1.165, 1.54) is 0 Å². The molecule has 5 nitrogen and oxygen atoms in total. The van der Waals surface area contributed by atoms with Crippen LogP contribution in [0.25, 0.3) is 0 Å². The van der Waals surface area contributed by atoms with Crippen molar-refractivity contribution in [1.82, 2.24) is 9.97 Å². The van der Waals surface area contributed by atoms with Crippen molar-refractivity contribution in [3.63, 3.8) is 0 Å². The largest absolute Gasteiger partial charge is 0.480 e. The number of ether oxygens (including phenoxy) is 2. The van der Waals surface area contributed by atoms with E-state index in [0.717, 1.165) is 5.69 Å². The maximum Gasteiger partial charge on any atom is 0.325 e. The molecule has 0 radical (unpaired) electrons. The molecule has 0 aliphatic heterocycles. The molecule has 19 heavy (non-hydrogen) atoms.